The molecule has 0 amide bonds. The third-order valence-corrected chi connectivity index (χ3v) is 12.3. The van der Waals surface area contributed by atoms with Crippen molar-refractivity contribution >= 4 is 33.5 Å². The van der Waals surface area contributed by atoms with E-state index in [1.165, 1.54) is 15.9 Å². The van der Waals surface area contributed by atoms with Crippen molar-refractivity contribution in [1.82, 2.24) is 0 Å². The summed E-state index contributed by atoms with van der Waals surface area (Å²) in [5, 5.41) is 16.0. The molecule has 0 spiro atoms. The Bertz CT molecular complexity index is 1030. The molecule has 0 aliphatic rings. The molecule has 3 nitrogen and oxygen atoms in total. The van der Waals surface area contributed by atoms with Gasteiger partial charge in [-0.1, -0.05) is 0 Å². The summed E-state index contributed by atoms with van der Waals surface area (Å²) in [6, 6.07) is 38.7. The van der Waals surface area contributed by atoms with Crippen LogP contribution >= 0.6 is 6.60 Å². The molecule has 0 atom stereocenters. The second-order valence-electron chi connectivity index (χ2n) is 7.35. The normalized spacial score (nSPS) is 12.7. The van der Waals surface area contributed by atoms with Gasteiger partial charge in [-0.05, 0) is 0 Å². The van der Waals surface area contributed by atoms with E-state index in [-0.39, 0.29) is 10.6 Å². The van der Waals surface area contributed by atoms with Gasteiger partial charge in [0.1, 0.15) is 0 Å². The van der Waals surface area contributed by atoms with E-state index in [2.05, 4.69) is 79.5 Å². The maximum absolute atomic E-state index is 11.3. The summed E-state index contributed by atoms with van der Waals surface area (Å²) in [4.78, 5) is 10.9. The van der Waals surface area contributed by atoms with Gasteiger partial charge in [0.15, 0.2) is 0 Å². The first kappa shape index (κ1) is 19.0. The number of nitro groups is 1. The Balaban J connectivity index is 2.17. The number of nitrogens with zero attached hydrogens (tertiary/aromatic N) is 1. The van der Waals surface area contributed by atoms with E-state index < -0.39 is 6.60 Å². The predicted octanol–water partition coefficient (Wildman–Crippen LogP) is 4.38. The Morgan fingerprint density at radius 2 is 0.862 bits per heavy atom. The van der Waals surface area contributed by atoms with Crippen molar-refractivity contribution in [2.24, 2.45) is 0 Å². The molecule has 0 aliphatic carbocycles. The van der Waals surface area contributed by atoms with E-state index in [9.17, 15) is 10.1 Å². The topological polar surface area (TPSA) is 43.1 Å². The molecular formula is C25H22NO2P. The fourth-order valence-electron chi connectivity index (χ4n) is 4.24. The molecule has 0 bridgehead atoms. The van der Waals surface area contributed by atoms with Gasteiger partial charge in [0.25, 0.3) is 0 Å². The average molecular weight is 399 g/mol. The van der Waals surface area contributed by atoms with Crippen molar-refractivity contribution in [2.45, 2.75) is 0 Å². The van der Waals surface area contributed by atoms with Gasteiger partial charge in [0, 0.05) is 0 Å². The molecular weight excluding hydrogens is 377 g/mol. The van der Waals surface area contributed by atoms with Crippen LogP contribution in [-0.2, 0) is 0 Å². The minimum atomic E-state index is -3.10. The van der Waals surface area contributed by atoms with Gasteiger partial charge in [-0.2, -0.15) is 0 Å². The van der Waals surface area contributed by atoms with Crippen LogP contribution in [0.1, 0.15) is 0 Å². The molecule has 0 aliphatic heterocycles. The zero-order valence-corrected chi connectivity index (χ0v) is 17.1. The fraction of sp³-hybridized carbons (Fsp3) is 0.0400. The second-order valence-corrected chi connectivity index (χ2v) is 12.5. The van der Waals surface area contributed by atoms with Crippen LogP contribution in [0.15, 0.2) is 115 Å². The van der Waals surface area contributed by atoms with Crippen LogP contribution in [0, 0.1) is 10.1 Å². The van der Waals surface area contributed by atoms with E-state index in [1.54, 1.807) is 12.1 Å². The third-order valence-electron chi connectivity index (χ3n) is 5.91. The summed E-state index contributed by atoms with van der Waals surface area (Å²) in [7, 11) is 0. The van der Waals surface area contributed by atoms with Crippen molar-refractivity contribution < 1.29 is 4.92 Å². The summed E-state index contributed by atoms with van der Waals surface area (Å²) in [5.74, 6) is 0. The number of rotatable bonds is 5. The molecule has 4 aromatic rings. The van der Waals surface area contributed by atoms with Crippen LogP contribution in [0.5, 0.6) is 0 Å². The Labute approximate surface area is 170 Å². The Morgan fingerprint density at radius 1 is 0.552 bits per heavy atom. The molecule has 4 aromatic carbocycles. The molecule has 0 saturated carbocycles. The molecule has 0 saturated heterocycles. The van der Waals surface area contributed by atoms with E-state index in [0.29, 0.717) is 0 Å². The van der Waals surface area contributed by atoms with E-state index in [1.807, 2.05) is 30.3 Å². The Hall–Kier alpha value is -3.29. The summed E-state index contributed by atoms with van der Waals surface area (Å²) in [6.45, 7) is -0.760. The number of hydrogen-bond acceptors (Lipinski definition) is 2. The zero-order chi connectivity index (χ0) is 20.3. The summed E-state index contributed by atoms with van der Waals surface area (Å²) >= 11 is 0. The average Bonchev–Trinajstić information content (AvgIpc) is 2.80. The first-order valence-electron chi connectivity index (χ1n) is 9.48. The molecule has 144 valence electrons. The van der Waals surface area contributed by atoms with Crippen molar-refractivity contribution in [3.63, 3.8) is 0 Å². The fourth-order valence-corrected chi connectivity index (χ4v) is 9.68. The van der Waals surface area contributed by atoms with E-state index >= 15 is 0 Å². The van der Waals surface area contributed by atoms with Crippen LogP contribution in [0.3, 0.4) is 0 Å². The third kappa shape index (κ3) is 2.86. The van der Waals surface area contributed by atoms with Crippen LogP contribution in [0.25, 0.3) is 0 Å². The SMILES string of the molecule is CP(c1ccccc1)(c1ccccc1)(c1ccccc1)c1ccc([N+](=O)[O-])cc1. The molecule has 0 aromatic heterocycles. The van der Waals surface area contributed by atoms with Crippen LogP contribution in [0.4, 0.5) is 5.69 Å². The molecule has 4 heteroatoms. The first-order chi connectivity index (χ1) is 14.1. The van der Waals surface area contributed by atoms with Gasteiger partial charge in [-0.15, -0.1) is 0 Å². The quantitative estimate of drug-likeness (QED) is 0.284. The molecule has 0 fully saturated rings. The monoisotopic (exact) mass is 399 g/mol. The van der Waals surface area contributed by atoms with Crippen molar-refractivity contribution in [3.05, 3.63) is 125 Å². The number of benzene rings is 4. The summed E-state index contributed by atoms with van der Waals surface area (Å²) in [6.07, 6.45) is 0. The molecule has 0 heterocycles. The van der Waals surface area contributed by atoms with Gasteiger partial charge in [-0.3, -0.25) is 0 Å². The van der Waals surface area contributed by atoms with Gasteiger partial charge >= 0.3 is 170 Å². The van der Waals surface area contributed by atoms with Crippen molar-refractivity contribution in [2.75, 3.05) is 6.66 Å². The van der Waals surface area contributed by atoms with E-state index in [0.717, 1.165) is 5.30 Å². The van der Waals surface area contributed by atoms with Crippen LogP contribution in [0.2, 0.25) is 0 Å². The standard InChI is InChI=1S/C25H22NO2P/c1-29(22-11-5-2-6-12-22,23-13-7-3-8-14-23,24-15-9-4-10-16-24)25-19-17-21(18-20-25)26(27)28/h2-20H,1H3. The molecule has 0 radical (unpaired) electrons. The minimum absolute atomic E-state index is 0.105. The van der Waals surface area contributed by atoms with Gasteiger partial charge < -0.3 is 0 Å². The van der Waals surface area contributed by atoms with Crippen LogP contribution in [-0.4, -0.2) is 11.6 Å². The zero-order valence-electron chi connectivity index (χ0n) is 16.2. The first-order valence-corrected chi connectivity index (χ1v) is 12.2. The van der Waals surface area contributed by atoms with Gasteiger partial charge in [-0.25, -0.2) is 0 Å². The van der Waals surface area contributed by atoms with Crippen molar-refractivity contribution in [1.29, 1.82) is 0 Å². The maximum atomic E-state index is 11.3. The Morgan fingerprint density at radius 3 is 1.17 bits per heavy atom. The summed E-state index contributed by atoms with van der Waals surface area (Å²) < 4.78 is 0. The van der Waals surface area contributed by atoms with Gasteiger partial charge in [0.05, 0.1) is 0 Å². The molecule has 0 unspecified atom stereocenters. The van der Waals surface area contributed by atoms with E-state index in [4.69, 9.17) is 0 Å². The Kier molecular flexibility index (Phi) is 4.77. The van der Waals surface area contributed by atoms with Crippen LogP contribution < -0.4 is 21.2 Å². The molecule has 0 N–H and O–H groups in total. The number of non-ortho nitro benzene ring substituents is 1. The molecule has 29 heavy (non-hydrogen) atoms. The number of hydrogen-bond donors (Lipinski definition) is 0. The predicted molar refractivity (Wildman–Crippen MR) is 124 cm³/mol. The summed E-state index contributed by atoms with van der Waals surface area (Å²) in [5.41, 5.74) is 0.105. The number of nitro benzene ring substituents is 1. The van der Waals surface area contributed by atoms with Crippen molar-refractivity contribution in [3.8, 4) is 0 Å². The second kappa shape index (κ2) is 7.27. The molecule has 4 rings (SSSR count). The van der Waals surface area contributed by atoms with Gasteiger partial charge in [0.2, 0.25) is 0 Å².